The van der Waals surface area contributed by atoms with Crippen molar-refractivity contribution in [3.05, 3.63) is 64.6 Å². The van der Waals surface area contributed by atoms with Crippen molar-refractivity contribution in [1.82, 2.24) is 9.38 Å². The predicted octanol–water partition coefficient (Wildman–Crippen LogP) is 1.84. The molecule has 1 saturated heterocycles. The van der Waals surface area contributed by atoms with Gasteiger partial charge in [0.1, 0.15) is 22.8 Å². The zero-order valence-electron chi connectivity index (χ0n) is 15.0. The Hall–Kier alpha value is -3.35. The maximum atomic E-state index is 12.6. The van der Waals surface area contributed by atoms with Crippen LogP contribution in [-0.4, -0.2) is 49.0 Å². The summed E-state index contributed by atoms with van der Waals surface area (Å²) in [5.41, 5.74) is 1.44. The molecule has 1 aliphatic heterocycles. The van der Waals surface area contributed by atoms with Crippen LogP contribution in [0.25, 0.3) is 5.65 Å². The standard InChI is InChI=1S/C20H20N4O3/c1-27-16-7-5-15(6-8-16)22-10-12-23(13-11-22)19-17(14-25)20(26)24-9-3-2-4-18(24)21-19/h2-9,14H,10-13H2,1H3. The molecule has 7 nitrogen and oxygen atoms in total. The first-order chi connectivity index (χ1) is 13.2. The lowest BCUT2D eigenvalue weighted by atomic mass is 10.2. The number of benzene rings is 1. The number of piperazine rings is 1. The topological polar surface area (TPSA) is 67.2 Å². The highest BCUT2D eigenvalue weighted by molar-refractivity contribution is 5.83. The minimum Gasteiger partial charge on any atom is -0.497 e. The Bertz CT molecular complexity index is 1020. The highest BCUT2D eigenvalue weighted by Gasteiger charge is 2.23. The molecule has 0 saturated carbocycles. The number of carbonyl (C=O) groups excluding carboxylic acids is 1. The Morgan fingerprint density at radius 3 is 2.37 bits per heavy atom. The van der Waals surface area contributed by atoms with E-state index in [1.165, 1.54) is 4.40 Å². The van der Waals surface area contributed by atoms with E-state index in [0.29, 0.717) is 30.8 Å². The Kier molecular flexibility index (Phi) is 4.50. The molecule has 1 fully saturated rings. The van der Waals surface area contributed by atoms with Crippen LogP contribution in [0.2, 0.25) is 0 Å². The normalized spacial score (nSPS) is 14.4. The molecular formula is C20H20N4O3. The highest BCUT2D eigenvalue weighted by atomic mass is 16.5. The number of carbonyl (C=O) groups is 1. The van der Waals surface area contributed by atoms with E-state index in [9.17, 15) is 9.59 Å². The van der Waals surface area contributed by atoms with Gasteiger partial charge in [0.2, 0.25) is 0 Å². The van der Waals surface area contributed by atoms with Crippen LogP contribution in [0.1, 0.15) is 10.4 Å². The molecule has 138 valence electrons. The summed E-state index contributed by atoms with van der Waals surface area (Å²) in [6.07, 6.45) is 2.24. The molecule has 0 bridgehead atoms. The largest absolute Gasteiger partial charge is 0.497 e. The first-order valence-electron chi connectivity index (χ1n) is 8.82. The first-order valence-corrected chi connectivity index (χ1v) is 8.82. The van der Waals surface area contributed by atoms with Gasteiger partial charge in [0.25, 0.3) is 5.56 Å². The fraction of sp³-hybridized carbons (Fsp3) is 0.250. The number of hydrogen-bond donors (Lipinski definition) is 0. The maximum absolute atomic E-state index is 12.6. The second-order valence-corrected chi connectivity index (χ2v) is 6.37. The van der Waals surface area contributed by atoms with E-state index in [0.717, 1.165) is 24.5 Å². The fourth-order valence-corrected chi connectivity index (χ4v) is 3.40. The summed E-state index contributed by atoms with van der Waals surface area (Å²) in [4.78, 5) is 33.0. The molecule has 7 heteroatoms. The van der Waals surface area contributed by atoms with Crippen molar-refractivity contribution in [1.29, 1.82) is 0 Å². The van der Waals surface area contributed by atoms with Crippen molar-refractivity contribution in [3.63, 3.8) is 0 Å². The molecule has 0 amide bonds. The second-order valence-electron chi connectivity index (χ2n) is 6.37. The number of ether oxygens (including phenoxy) is 1. The molecule has 0 aliphatic carbocycles. The molecule has 1 aromatic carbocycles. The minimum absolute atomic E-state index is 0.108. The van der Waals surface area contributed by atoms with E-state index in [-0.39, 0.29) is 11.1 Å². The molecule has 0 unspecified atom stereocenters. The van der Waals surface area contributed by atoms with Gasteiger partial charge in [0.05, 0.1) is 7.11 Å². The average Bonchev–Trinajstić information content (AvgIpc) is 2.74. The lowest BCUT2D eigenvalue weighted by Crippen LogP contribution is -2.47. The molecule has 3 aromatic rings. The van der Waals surface area contributed by atoms with Crippen LogP contribution in [0.4, 0.5) is 11.5 Å². The number of hydrogen-bond acceptors (Lipinski definition) is 6. The number of aldehydes is 1. The van der Waals surface area contributed by atoms with Gasteiger partial charge in [-0.1, -0.05) is 6.07 Å². The fourth-order valence-electron chi connectivity index (χ4n) is 3.40. The molecule has 0 spiro atoms. The van der Waals surface area contributed by atoms with Crippen LogP contribution < -0.4 is 20.1 Å². The zero-order valence-corrected chi connectivity index (χ0v) is 15.0. The van der Waals surface area contributed by atoms with Crippen LogP contribution in [0, 0.1) is 0 Å². The molecule has 1 aliphatic rings. The highest BCUT2D eigenvalue weighted by Crippen LogP contribution is 2.23. The van der Waals surface area contributed by atoms with Gasteiger partial charge in [-0.05, 0) is 36.4 Å². The summed E-state index contributed by atoms with van der Waals surface area (Å²) in [6, 6.07) is 13.3. The third-order valence-electron chi connectivity index (χ3n) is 4.88. The van der Waals surface area contributed by atoms with Gasteiger partial charge in [0.15, 0.2) is 6.29 Å². The molecule has 0 radical (unpaired) electrons. The van der Waals surface area contributed by atoms with Crippen LogP contribution in [0.3, 0.4) is 0 Å². The minimum atomic E-state index is -0.330. The van der Waals surface area contributed by atoms with Gasteiger partial charge >= 0.3 is 0 Å². The summed E-state index contributed by atoms with van der Waals surface area (Å²) in [6.45, 7) is 2.92. The predicted molar refractivity (Wildman–Crippen MR) is 104 cm³/mol. The van der Waals surface area contributed by atoms with Crippen LogP contribution >= 0.6 is 0 Å². The van der Waals surface area contributed by atoms with Crippen LogP contribution in [0.15, 0.2) is 53.5 Å². The number of nitrogens with zero attached hydrogens (tertiary/aromatic N) is 4. The quantitative estimate of drug-likeness (QED) is 0.658. The van der Waals surface area contributed by atoms with Gasteiger partial charge < -0.3 is 14.5 Å². The number of fused-ring (bicyclic) bond motifs is 1. The number of methoxy groups -OCH3 is 1. The van der Waals surface area contributed by atoms with E-state index in [2.05, 4.69) is 9.88 Å². The monoisotopic (exact) mass is 364 g/mol. The van der Waals surface area contributed by atoms with Crippen molar-refractivity contribution < 1.29 is 9.53 Å². The van der Waals surface area contributed by atoms with E-state index >= 15 is 0 Å². The smallest absolute Gasteiger partial charge is 0.270 e. The van der Waals surface area contributed by atoms with Gasteiger partial charge in [-0.25, -0.2) is 4.98 Å². The molecule has 3 heterocycles. The number of rotatable bonds is 4. The summed E-state index contributed by atoms with van der Waals surface area (Å²) in [5.74, 6) is 1.30. The van der Waals surface area contributed by atoms with Crippen molar-refractivity contribution in [2.45, 2.75) is 0 Å². The Labute approximate surface area is 156 Å². The molecular weight excluding hydrogens is 344 g/mol. The Morgan fingerprint density at radius 1 is 1.00 bits per heavy atom. The van der Waals surface area contributed by atoms with Crippen LogP contribution in [-0.2, 0) is 0 Å². The average molecular weight is 364 g/mol. The number of pyridine rings is 1. The van der Waals surface area contributed by atoms with Gasteiger partial charge in [-0.3, -0.25) is 14.0 Å². The summed E-state index contributed by atoms with van der Waals surface area (Å²) < 4.78 is 6.61. The lowest BCUT2D eigenvalue weighted by Gasteiger charge is -2.37. The molecule has 27 heavy (non-hydrogen) atoms. The molecule has 4 rings (SSSR count). The summed E-state index contributed by atoms with van der Waals surface area (Å²) >= 11 is 0. The van der Waals surface area contributed by atoms with E-state index in [1.807, 2.05) is 35.2 Å². The van der Waals surface area contributed by atoms with Gasteiger partial charge in [-0.2, -0.15) is 0 Å². The van der Waals surface area contributed by atoms with Crippen molar-refractivity contribution in [2.24, 2.45) is 0 Å². The van der Waals surface area contributed by atoms with Crippen LogP contribution in [0.5, 0.6) is 5.75 Å². The summed E-state index contributed by atoms with van der Waals surface area (Å²) in [7, 11) is 1.65. The Balaban J connectivity index is 1.59. The third kappa shape index (κ3) is 3.12. The van der Waals surface area contributed by atoms with Gasteiger partial charge in [-0.15, -0.1) is 0 Å². The van der Waals surface area contributed by atoms with E-state index in [1.54, 1.807) is 25.4 Å². The van der Waals surface area contributed by atoms with E-state index in [4.69, 9.17) is 4.74 Å². The number of anilines is 2. The third-order valence-corrected chi connectivity index (χ3v) is 4.88. The molecule has 0 N–H and O–H groups in total. The second kappa shape index (κ2) is 7.11. The SMILES string of the molecule is COc1ccc(N2CCN(c3nc4ccccn4c(=O)c3C=O)CC2)cc1. The van der Waals surface area contributed by atoms with E-state index < -0.39 is 0 Å². The van der Waals surface area contributed by atoms with Crippen molar-refractivity contribution in [2.75, 3.05) is 43.1 Å². The number of aromatic nitrogens is 2. The zero-order chi connectivity index (χ0) is 18.8. The van der Waals surface area contributed by atoms with Crippen molar-refractivity contribution in [3.8, 4) is 5.75 Å². The summed E-state index contributed by atoms with van der Waals surface area (Å²) in [5, 5.41) is 0. The lowest BCUT2D eigenvalue weighted by molar-refractivity contribution is 0.112. The van der Waals surface area contributed by atoms with Crippen molar-refractivity contribution >= 4 is 23.4 Å². The molecule has 0 atom stereocenters. The Morgan fingerprint density at radius 2 is 1.70 bits per heavy atom. The maximum Gasteiger partial charge on any atom is 0.270 e. The first kappa shape index (κ1) is 17.1. The van der Waals surface area contributed by atoms with Gasteiger partial charge in [0, 0.05) is 38.1 Å². The molecule has 2 aromatic heterocycles.